The van der Waals surface area contributed by atoms with Crippen LogP contribution in [0.25, 0.3) is 0 Å². The first-order valence-corrected chi connectivity index (χ1v) is 4.32. The second kappa shape index (κ2) is 3.91. The van der Waals surface area contributed by atoms with Crippen molar-refractivity contribution in [2.75, 3.05) is 5.32 Å². The summed E-state index contributed by atoms with van der Waals surface area (Å²) >= 11 is 0. The molecule has 15 heavy (non-hydrogen) atoms. The molecule has 0 aliphatic rings. The molecule has 0 aliphatic heterocycles. The highest BCUT2D eigenvalue weighted by molar-refractivity contribution is 5.54. The van der Waals surface area contributed by atoms with E-state index in [-0.39, 0.29) is 11.4 Å². The Morgan fingerprint density at radius 1 is 1.13 bits per heavy atom. The van der Waals surface area contributed by atoms with Gasteiger partial charge in [-0.1, -0.05) is 0 Å². The Hall–Kier alpha value is -2.17. The SMILES string of the molecule is O=c1ccc(Nc2ccc(F)cc2)n[nH]1. The van der Waals surface area contributed by atoms with Crippen LogP contribution >= 0.6 is 0 Å². The number of nitrogens with zero attached hydrogens (tertiary/aromatic N) is 1. The van der Waals surface area contributed by atoms with Crippen LogP contribution in [0.3, 0.4) is 0 Å². The standard InChI is InChI=1S/C10H8FN3O/c11-7-1-3-8(4-2-7)12-9-5-6-10(15)14-13-9/h1-6H,(H,12,13)(H,14,15). The second-order valence-corrected chi connectivity index (χ2v) is 2.94. The first-order valence-electron chi connectivity index (χ1n) is 4.32. The molecule has 0 aliphatic carbocycles. The molecular weight excluding hydrogens is 197 g/mol. The van der Waals surface area contributed by atoms with E-state index in [1.54, 1.807) is 18.2 Å². The van der Waals surface area contributed by atoms with E-state index in [4.69, 9.17) is 0 Å². The highest BCUT2D eigenvalue weighted by Gasteiger charge is 1.96. The molecule has 4 nitrogen and oxygen atoms in total. The number of benzene rings is 1. The lowest BCUT2D eigenvalue weighted by Gasteiger charge is -2.03. The fourth-order valence-electron chi connectivity index (χ4n) is 1.10. The van der Waals surface area contributed by atoms with Gasteiger partial charge in [-0.25, -0.2) is 9.49 Å². The van der Waals surface area contributed by atoms with Gasteiger partial charge in [-0.15, -0.1) is 0 Å². The van der Waals surface area contributed by atoms with Crippen LogP contribution in [0.2, 0.25) is 0 Å². The van der Waals surface area contributed by atoms with Crippen molar-refractivity contribution in [3.05, 3.63) is 52.6 Å². The molecule has 0 atom stereocenters. The van der Waals surface area contributed by atoms with Crippen molar-refractivity contribution >= 4 is 11.5 Å². The van der Waals surface area contributed by atoms with Gasteiger partial charge in [0.2, 0.25) is 0 Å². The summed E-state index contributed by atoms with van der Waals surface area (Å²) in [5, 5.41) is 8.95. The monoisotopic (exact) mass is 205 g/mol. The normalized spacial score (nSPS) is 9.93. The average molecular weight is 205 g/mol. The third-order valence-corrected chi connectivity index (χ3v) is 1.80. The van der Waals surface area contributed by atoms with E-state index in [2.05, 4.69) is 15.5 Å². The number of aromatic amines is 1. The van der Waals surface area contributed by atoms with Gasteiger partial charge >= 0.3 is 0 Å². The molecule has 1 aromatic carbocycles. The number of anilines is 2. The van der Waals surface area contributed by atoms with Crippen LogP contribution in [0.15, 0.2) is 41.2 Å². The lowest BCUT2D eigenvalue weighted by molar-refractivity contribution is 0.628. The Labute approximate surface area is 84.8 Å². The smallest absolute Gasteiger partial charge is 0.264 e. The van der Waals surface area contributed by atoms with Gasteiger partial charge in [-0.05, 0) is 30.3 Å². The van der Waals surface area contributed by atoms with Crippen molar-refractivity contribution < 1.29 is 4.39 Å². The molecule has 0 radical (unpaired) electrons. The predicted molar refractivity (Wildman–Crippen MR) is 54.5 cm³/mol. The molecule has 2 rings (SSSR count). The molecule has 0 unspecified atom stereocenters. The number of nitrogens with one attached hydrogen (secondary N) is 2. The van der Waals surface area contributed by atoms with Crippen molar-refractivity contribution in [1.82, 2.24) is 10.2 Å². The van der Waals surface area contributed by atoms with Crippen LogP contribution in [-0.4, -0.2) is 10.2 Å². The van der Waals surface area contributed by atoms with Crippen LogP contribution in [-0.2, 0) is 0 Å². The van der Waals surface area contributed by atoms with Gasteiger partial charge in [0.05, 0.1) is 0 Å². The van der Waals surface area contributed by atoms with Crippen LogP contribution in [0, 0.1) is 5.82 Å². The van der Waals surface area contributed by atoms with Gasteiger partial charge in [0.1, 0.15) is 5.82 Å². The zero-order valence-corrected chi connectivity index (χ0v) is 7.70. The van der Waals surface area contributed by atoms with Gasteiger partial charge in [0.15, 0.2) is 5.82 Å². The van der Waals surface area contributed by atoms with Gasteiger partial charge in [0.25, 0.3) is 5.56 Å². The largest absolute Gasteiger partial charge is 0.339 e. The predicted octanol–water partition coefficient (Wildman–Crippen LogP) is 1.65. The van der Waals surface area contributed by atoms with Gasteiger partial charge in [0, 0.05) is 11.8 Å². The van der Waals surface area contributed by atoms with E-state index in [1.807, 2.05) is 0 Å². The number of rotatable bonds is 2. The summed E-state index contributed by atoms with van der Waals surface area (Å²) in [4.78, 5) is 10.7. The topological polar surface area (TPSA) is 57.8 Å². The van der Waals surface area contributed by atoms with Gasteiger partial charge in [-0.3, -0.25) is 4.79 Å². The van der Waals surface area contributed by atoms with Crippen molar-refractivity contribution in [2.24, 2.45) is 0 Å². The van der Waals surface area contributed by atoms with Crippen LogP contribution < -0.4 is 10.9 Å². The average Bonchev–Trinajstić information content (AvgIpc) is 2.25. The Morgan fingerprint density at radius 2 is 1.87 bits per heavy atom. The van der Waals surface area contributed by atoms with Crippen LogP contribution in [0.5, 0.6) is 0 Å². The molecule has 0 spiro atoms. The summed E-state index contributed by atoms with van der Waals surface area (Å²) in [6, 6.07) is 8.76. The number of hydrogen-bond acceptors (Lipinski definition) is 3. The zero-order valence-electron chi connectivity index (χ0n) is 7.70. The zero-order chi connectivity index (χ0) is 10.7. The molecule has 0 bridgehead atoms. The van der Waals surface area contributed by atoms with Crippen LogP contribution in [0.1, 0.15) is 0 Å². The summed E-state index contributed by atoms with van der Waals surface area (Å²) in [5.41, 5.74) is 0.440. The molecule has 2 N–H and O–H groups in total. The Morgan fingerprint density at radius 3 is 2.47 bits per heavy atom. The van der Waals surface area contributed by atoms with Crippen molar-refractivity contribution in [3.8, 4) is 0 Å². The van der Waals surface area contributed by atoms with E-state index in [9.17, 15) is 9.18 Å². The summed E-state index contributed by atoms with van der Waals surface area (Å²) in [6.07, 6.45) is 0. The molecule has 5 heteroatoms. The summed E-state index contributed by atoms with van der Waals surface area (Å²) in [6.45, 7) is 0. The first-order chi connectivity index (χ1) is 7.24. The minimum atomic E-state index is -0.296. The summed E-state index contributed by atoms with van der Waals surface area (Å²) in [5.74, 6) is 0.205. The fraction of sp³-hybridized carbons (Fsp3) is 0. The molecule has 0 saturated carbocycles. The van der Waals surface area contributed by atoms with E-state index < -0.39 is 0 Å². The molecule has 1 heterocycles. The van der Waals surface area contributed by atoms with Crippen LogP contribution in [0.4, 0.5) is 15.9 Å². The summed E-state index contributed by atoms with van der Waals surface area (Å²) < 4.78 is 12.6. The Balaban J connectivity index is 2.18. The van der Waals surface area contributed by atoms with E-state index in [1.165, 1.54) is 18.2 Å². The Kier molecular flexibility index (Phi) is 2.45. The fourth-order valence-corrected chi connectivity index (χ4v) is 1.10. The van der Waals surface area contributed by atoms with Crippen molar-refractivity contribution in [2.45, 2.75) is 0 Å². The minimum absolute atomic E-state index is 0.264. The molecule has 0 fully saturated rings. The number of hydrogen-bond donors (Lipinski definition) is 2. The molecule has 0 amide bonds. The maximum atomic E-state index is 12.6. The molecule has 2 aromatic rings. The van der Waals surface area contributed by atoms with Gasteiger partial charge < -0.3 is 5.32 Å². The maximum absolute atomic E-state index is 12.6. The second-order valence-electron chi connectivity index (χ2n) is 2.94. The minimum Gasteiger partial charge on any atom is -0.339 e. The van der Waals surface area contributed by atoms with Gasteiger partial charge in [-0.2, -0.15) is 5.10 Å². The highest BCUT2D eigenvalue weighted by Crippen LogP contribution is 2.12. The number of halogens is 1. The number of H-pyrrole nitrogens is 1. The lowest BCUT2D eigenvalue weighted by Crippen LogP contribution is -2.07. The van der Waals surface area contributed by atoms with E-state index in [0.29, 0.717) is 11.5 Å². The van der Waals surface area contributed by atoms with Crippen molar-refractivity contribution in [1.29, 1.82) is 0 Å². The van der Waals surface area contributed by atoms with E-state index in [0.717, 1.165) is 0 Å². The summed E-state index contributed by atoms with van der Waals surface area (Å²) in [7, 11) is 0. The third-order valence-electron chi connectivity index (χ3n) is 1.80. The lowest BCUT2D eigenvalue weighted by atomic mass is 10.3. The first kappa shape index (κ1) is 9.39. The molecule has 0 saturated heterocycles. The Bertz CT molecular complexity index is 486. The van der Waals surface area contributed by atoms with E-state index >= 15 is 0 Å². The maximum Gasteiger partial charge on any atom is 0.264 e. The third kappa shape index (κ3) is 2.40. The number of aromatic nitrogens is 2. The molecular formula is C10H8FN3O. The quantitative estimate of drug-likeness (QED) is 0.783. The van der Waals surface area contributed by atoms with Crippen molar-refractivity contribution in [3.63, 3.8) is 0 Å². The molecule has 1 aromatic heterocycles. The highest BCUT2D eigenvalue weighted by atomic mass is 19.1. The molecule has 76 valence electrons.